The summed E-state index contributed by atoms with van der Waals surface area (Å²) in [7, 11) is 0. The predicted molar refractivity (Wildman–Crippen MR) is 95.3 cm³/mol. The molecule has 3 aromatic rings. The lowest BCUT2D eigenvalue weighted by molar-refractivity contribution is -0.121. The number of carbonyl (C=O) groups excluding carboxylic acids is 2. The van der Waals surface area contributed by atoms with Crippen LogP contribution in [0.25, 0.3) is 10.9 Å². The molecule has 0 aliphatic carbocycles. The van der Waals surface area contributed by atoms with E-state index in [2.05, 4.69) is 5.32 Å². The van der Waals surface area contributed by atoms with Gasteiger partial charge < -0.3 is 9.88 Å². The number of halogens is 3. The molecule has 0 atom stereocenters. The first-order chi connectivity index (χ1) is 12.8. The maximum atomic E-state index is 13.0. The van der Waals surface area contributed by atoms with Gasteiger partial charge in [0, 0.05) is 23.1 Å². The molecule has 0 aliphatic rings. The van der Waals surface area contributed by atoms with Crippen molar-refractivity contribution >= 4 is 22.6 Å². The third-order valence-corrected chi connectivity index (χ3v) is 4.35. The summed E-state index contributed by atoms with van der Waals surface area (Å²) in [5.74, 6) is -2.26. The van der Waals surface area contributed by atoms with E-state index in [0.717, 1.165) is 5.56 Å². The molecule has 1 aromatic heterocycles. The summed E-state index contributed by atoms with van der Waals surface area (Å²) >= 11 is 0. The van der Waals surface area contributed by atoms with Crippen molar-refractivity contribution in [3.05, 3.63) is 71.4 Å². The van der Waals surface area contributed by atoms with Crippen LogP contribution in [0.2, 0.25) is 0 Å². The topological polar surface area (TPSA) is 51.1 Å². The summed E-state index contributed by atoms with van der Waals surface area (Å²) < 4.78 is 40.4. The largest absolute Gasteiger partial charge is 0.454 e. The SMILES string of the molecule is Cc1c(C(=O)C(F)(F)F)c2ccccc2n1CC(=O)NCc1ccccc1. The van der Waals surface area contributed by atoms with Gasteiger partial charge in [0.15, 0.2) is 0 Å². The minimum absolute atomic E-state index is 0.119. The maximum Gasteiger partial charge on any atom is 0.454 e. The van der Waals surface area contributed by atoms with Crippen LogP contribution in [0.5, 0.6) is 0 Å². The number of rotatable bonds is 5. The van der Waals surface area contributed by atoms with Gasteiger partial charge in [-0.15, -0.1) is 0 Å². The van der Waals surface area contributed by atoms with Crippen molar-refractivity contribution in [1.82, 2.24) is 9.88 Å². The summed E-state index contributed by atoms with van der Waals surface area (Å²) in [6.07, 6.45) is -4.98. The van der Waals surface area contributed by atoms with Crippen LogP contribution in [0.1, 0.15) is 21.6 Å². The summed E-state index contributed by atoms with van der Waals surface area (Å²) in [4.78, 5) is 24.2. The Labute approximate surface area is 153 Å². The second-order valence-corrected chi connectivity index (χ2v) is 6.15. The molecule has 2 aromatic carbocycles. The molecule has 1 N–H and O–H groups in total. The second kappa shape index (κ2) is 7.26. The number of amides is 1. The first kappa shape index (κ1) is 18.7. The van der Waals surface area contributed by atoms with Crippen LogP contribution >= 0.6 is 0 Å². The first-order valence-electron chi connectivity index (χ1n) is 8.29. The molecule has 0 spiro atoms. The average Bonchev–Trinajstić information content (AvgIpc) is 2.91. The van der Waals surface area contributed by atoms with Crippen LogP contribution in [0.3, 0.4) is 0 Å². The average molecular weight is 374 g/mol. The van der Waals surface area contributed by atoms with Gasteiger partial charge in [-0.25, -0.2) is 0 Å². The number of para-hydroxylation sites is 1. The molecule has 0 radical (unpaired) electrons. The van der Waals surface area contributed by atoms with Crippen LogP contribution in [0.4, 0.5) is 13.2 Å². The van der Waals surface area contributed by atoms with E-state index in [9.17, 15) is 22.8 Å². The normalized spacial score (nSPS) is 11.6. The van der Waals surface area contributed by atoms with Gasteiger partial charge in [-0.1, -0.05) is 48.5 Å². The number of hydrogen-bond acceptors (Lipinski definition) is 2. The summed E-state index contributed by atoms with van der Waals surface area (Å²) in [6.45, 7) is 1.56. The van der Waals surface area contributed by atoms with Crippen molar-refractivity contribution < 1.29 is 22.8 Å². The van der Waals surface area contributed by atoms with Gasteiger partial charge in [-0.3, -0.25) is 9.59 Å². The number of ketones is 1. The van der Waals surface area contributed by atoms with Gasteiger partial charge >= 0.3 is 6.18 Å². The van der Waals surface area contributed by atoms with Gasteiger partial charge in [-0.2, -0.15) is 13.2 Å². The van der Waals surface area contributed by atoms with Gasteiger partial charge in [-0.05, 0) is 18.6 Å². The molecular weight excluding hydrogens is 357 g/mol. The Balaban J connectivity index is 1.89. The molecule has 3 rings (SSSR count). The van der Waals surface area contributed by atoms with Gasteiger partial charge in [0.2, 0.25) is 5.91 Å². The molecule has 0 saturated carbocycles. The highest BCUT2D eigenvalue weighted by molar-refractivity contribution is 6.12. The van der Waals surface area contributed by atoms with E-state index in [0.29, 0.717) is 12.1 Å². The van der Waals surface area contributed by atoms with Crippen LogP contribution in [0, 0.1) is 6.92 Å². The van der Waals surface area contributed by atoms with E-state index >= 15 is 0 Å². The van der Waals surface area contributed by atoms with Crippen molar-refractivity contribution in [2.75, 3.05) is 0 Å². The lowest BCUT2D eigenvalue weighted by Crippen LogP contribution is -2.28. The lowest BCUT2D eigenvalue weighted by atomic mass is 10.1. The van der Waals surface area contributed by atoms with Crippen LogP contribution < -0.4 is 5.32 Å². The van der Waals surface area contributed by atoms with Gasteiger partial charge in [0.05, 0.1) is 5.56 Å². The van der Waals surface area contributed by atoms with Gasteiger partial charge in [0.25, 0.3) is 5.78 Å². The summed E-state index contributed by atoms with van der Waals surface area (Å²) in [5, 5.41) is 2.93. The van der Waals surface area contributed by atoms with Crippen molar-refractivity contribution in [3.63, 3.8) is 0 Å². The number of aromatic nitrogens is 1. The zero-order valence-corrected chi connectivity index (χ0v) is 14.5. The van der Waals surface area contributed by atoms with Crippen LogP contribution in [-0.2, 0) is 17.9 Å². The quantitative estimate of drug-likeness (QED) is 0.686. The number of fused-ring (bicyclic) bond motifs is 1. The smallest absolute Gasteiger partial charge is 0.350 e. The summed E-state index contributed by atoms with van der Waals surface area (Å²) in [5.41, 5.74) is 1.03. The van der Waals surface area contributed by atoms with E-state index in [1.807, 2.05) is 30.3 Å². The lowest BCUT2D eigenvalue weighted by Gasteiger charge is -2.10. The van der Waals surface area contributed by atoms with Crippen LogP contribution in [-0.4, -0.2) is 22.4 Å². The minimum Gasteiger partial charge on any atom is -0.350 e. The van der Waals surface area contributed by atoms with E-state index in [-0.39, 0.29) is 23.5 Å². The number of Topliss-reactive ketones (excluding diaryl/α,β-unsaturated/α-hetero) is 1. The third kappa shape index (κ3) is 3.86. The Bertz CT molecular complexity index is 992. The molecule has 27 heavy (non-hydrogen) atoms. The molecular formula is C20H17F3N2O2. The van der Waals surface area contributed by atoms with E-state index in [4.69, 9.17) is 0 Å². The number of hydrogen-bond donors (Lipinski definition) is 1. The summed E-state index contributed by atoms with van der Waals surface area (Å²) in [6, 6.07) is 15.5. The standard InChI is InChI=1S/C20H17F3N2O2/c1-13-18(19(27)20(21,22)23)15-9-5-6-10-16(15)25(13)12-17(26)24-11-14-7-3-2-4-8-14/h2-10H,11-12H2,1H3,(H,24,26). The number of nitrogens with one attached hydrogen (secondary N) is 1. The fourth-order valence-electron chi connectivity index (χ4n) is 3.06. The Morgan fingerprint density at radius 1 is 1.00 bits per heavy atom. The fourth-order valence-corrected chi connectivity index (χ4v) is 3.06. The number of alkyl halides is 3. The molecule has 7 heteroatoms. The molecule has 140 valence electrons. The van der Waals surface area contributed by atoms with Gasteiger partial charge in [0.1, 0.15) is 6.54 Å². The highest BCUT2D eigenvalue weighted by atomic mass is 19.4. The number of carbonyl (C=O) groups is 2. The Kier molecular flexibility index (Phi) is 5.03. The molecule has 0 bridgehead atoms. The second-order valence-electron chi connectivity index (χ2n) is 6.15. The molecule has 1 heterocycles. The zero-order valence-electron chi connectivity index (χ0n) is 14.5. The molecule has 4 nitrogen and oxygen atoms in total. The Morgan fingerprint density at radius 2 is 1.63 bits per heavy atom. The van der Waals surface area contributed by atoms with Crippen molar-refractivity contribution in [2.45, 2.75) is 26.2 Å². The third-order valence-electron chi connectivity index (χ3n) is 4.35. The van der Waals surface area contributed by atoms with Crippen molar-refractivity contribution in [3.8, 4) is 0 Å². The monoisotopic (exact) mass is 374 g/mol. The molecule has 0 saturated heterocycles. The zero-order chi connectivity index (χ0) is 19.6. The van der Waals surface area contributed by atoms with E-state index < -0.39 is 17.5 Å². The molecule has 1 amide bonds. The molecule has 0 fully saturated rings. The Morgan fingerprint density at radius 3 is 2.30 bits per heavy atom. The van der Waals surface area contributed by atoms with Crippen LogP contribution in [0.15, 0.2) is 54.6 Å². The van der Waals surface area contributed by atoms with Crippen molar-refractivity contribution in [1.29, 1.82) is 0 Å². The fraction of sp³-hybridized carbons (Fsp3) is 0.200. The predicted octanol–water partition coefficient (Wildman–Crippen LogP) is 4.01. The van der Waals surface area contributed by atoms with Crippen molar-refractivity contribution in [2.24, 2.45) is 0 Å². The maximum absolute atomic E-state index is 13.0. The minimum atomic E-state index is -4.98. The highest BCUT2D eigenvalue weighted by Crippen LogP contribution is 2.31. The van der Waals surface area contributed by atoms with E-state index in [1.165, 1.54) is 17.6 Å². The number of nitrogens with zero attached hydrogens (tertiary/aromatic N) is 1. The highest BCUT2D eigenvalue weighted by Gasteiger charge is 2.42. The first-order valence-corrected chi connectivity index (χ1v) is 8.29. The Hall–Kier alpha value is -3.09. The molecule has 0 unspecified atom stereocenters. The van der Waals surface area contributed by atoms with E-state index in [1.54, 1.807) is 18.2 Å². The number of benzene rings is 2. The molecule has 0 aliphatic heterocycles.